The first-order valence-electron chi connectivity index (χ1n) is 6.74. The molecule has 0 spiro atoms. The minimum Gasteiger partial charge on any atom is -0.303 e. The van der Waals surface area contributed by atoms with Gasteiger partial charge in [0.2, 0.25) is 0 Å². The van der Waals surface area contributed by atoms with Gasteiger partial charge in [-0.1, -0.05) is 43.8 Å². The third kappa shape index (κ3) is 3.44. The van der Waals surface area contributed by atoms with Gasteiger partial charge in [0.1, 0.15) is 0 Å². The molecule has 0 N–H and O–H groups in total. The van der Waals surface area contributed by atoms with E-state index < -0.39 is 0 Å². The molecule has 0 saturated carbocycles. The van der Waals surface area contributed by atoms with Gasteiger partial charge in [-0.15, -0.1) is 0 Å². The topological polar surface area (TPSA) is 3.24 Å². The van der Waals surface area contributed by atoms with Crippen LogP contribution in [0.5, 0.6) is 0 Å². The van der Waals surface area contributed by atoms with Gasteiger partial charge in [0.05, 0.1) is 0 Å². The van der Waals surface area contributed by atoms with Crippen LogP contribution in [0, 0.1) is 0 Å². The molecule has 1 heterocycles. The summed E-state index contributed by atoms with van der Waals surface area (Å²) in [6, 6.07) is 8.81. The van der Waals surface area contributed by atoms with Gasteiger partial charge in [0, 0.05) is 0 Å². The summed E-state index contributed by atoms with van der Waals surface area (Å²) in [5.41, 5.74) is 2.66. The molecule has 1 aromatic rings. The smallest absolute Gasteiger partial charge is 0.00130 e. The van der Waals surface area contributed by atoms with E-state index >= 15 is 0 Å². The van der Waals surface area contributed by atoms with Gasteiger partial charge in [0.25, 0.3) is 0 Å². The first-order valence-corrected chi connectivity index (χ1v) is 6.74. The normalized spacial score (nSPS) is 18.2. The zero-order valence-corrected chi connectivity index (χ0v) is 10.9. The highest BCUT2D eigenvalue weighted by Crippen LogP contribution is 2.21. The highest BCUT2D eigenvalue weighted by atomic mass is 15.1. The predicted octanol–water partition coefficient (Wildman–Crippen LogP) is 3.92. The molecule has 2 rings (SSSR count). The van der Waals surface area contributed by atoms with Gasteiger partial charge in [-0.25, -0.2) is 0 Å². The van der Waals surface area contributed by atoms with Crippen molar-refractivity contribution in [3.05, 3.63) is 42.0 Å². The van der Waals surface area contributed by atoms with Crippen molar-refractivity contribution in [1.82, 2.24) is 4.90 Å². The van der Waals surface area contributed by atoms with E-state index in [2.05, 4.69) is 42.7 Å². The SMILES string of the molecule is C=Cc1ccc(C(C)CCN2CCCC2)cc1. The van der Waals surface area contributed by atoms with Crippen LogP contribution in [0.25, 0.3) is 6.08 Å². The van der Waals surface area contributed by atoms with E-state index in [0.717, 1.165) is 0 Å². The number of hydrogen-bond donors (Lipinski definition) is 0. The maximum absolute atomic E-state index is 3.79. The molecule has 1 heteroatoms. The maximum Gasteiger partial charge on any atom is -0.00130 e. The maximum atomic E-state index is 3.79. The van der Waals surface area contributed by atoms with Gasteiger partial charge in [-0.3, -0.25) is 0 Å². The fourth-order valence-electron chi connectivity index (χ4n) is 2.51. The third-order valence-corrected chi connectivity index (χ3v) is 3.82. The van der Waals surface area contributed by atoms with Crippen LogP contribution in [-0.4, -0.2) is 24.5 Å². The summed E-state index contributed by atoms with van der Waals surface area (Å²) < 4.78 is 0. The molecular weight excluding hydrogens is 206 g/mol. The molecule has 1 aliphatic heterocycles. The Bertz CT molecular complexity index is 346. The standard InChI is InChI=1S/C16H23N/c1-3-15-6-8-16(9-7-15)14(2)10-13-17-11-4-5-12-17/h3,6-9,14H,1,4-5,10-13H2,2H3. The van der Waals surface area contributed by atoms with Crippen LogP contribution in [0.3, 0.4) is 0 Å². The Balaban J connectivity index is 1.85. The first-order chi connectivity index (χ1) is 8.29. The largest absolute Gasteiger partial charge is 0.303 e. The zero-order chi connectivity index (χ0) is 12.1. The number of benzene rings is 1. The Kier molecular flexibility index (Phi) is 4.38. The van der Waals surface area contributed by atoms with Crippen molar-refractivity contribution < 1.29 is 0 Å². The predicted molar refractivity (Wildman–Crippen MR) is 75.2 cm³/mol. The Hall–Kier alpha value is -1.08. The molecule has 1 aliphatic rings. The van der Waals surface area contributed by atoms with Crippen molar-refractivity contribution in [3.63, 3.8) is 0 Å². The van der Waals surface area contributed by atoms with E-state index in [9.17, 15) is 0 Å². The summed E-state index contributed by atoms with van der Waals surface area (Å²) in [6.07, 6.45) is 5.96. The summed E-state index contributed by atoms with van der Waals surface area (Å²) in [4.78, 5) is 2.59. The summed E-state index contributed by atoms with van der Waals surface area (Å²) in [5, 5.41) is 0. The second-order valence-corrected chi connectivity index (χ2v) is 5.11. The van der Waals surface area contributed by atoms with Crippen molar-refractivity contribution in [1.29, 1.82) is 0 Å². The van der Waals surface area contributed by atoms with Gasteiger partial charge in [-0.05, 0) is 55.9 Å². The summed E-state index contributed by atoms with van der Waals surface area (Å²) >= 11 is 0. The van der Waals surface area contributed by atoms with E-state index in [1.165, 1.54) is 50.0 Å². The molecule has 0 aliphatic carbocycles. The second kappa shape index (κ2) is 6.02. The van der Waals surface area contributed by atoms with E-state index in [1.54, 1.807) is 0 Å². The van der Waals surface area contributed by atoms with Crippen LogP contribution in [-0.2, 0) is 0 Å². The average molecular weight is 229 g/mol. The summed E-state index contributed by atoms with van der Waals surface area (Å²) in [7, 11) is 0. The Morgan fingerprint density at radius 1 is 1.24 bits per heavy atom. The lowest BCUT2D eigenvalue weighted by atomic mass is 9.96. The minimum atomic E-state index is 0.662. The molecular formula is C16H23N. The zero-order valence-electron chi connectivity index (χ0n) is 10.9. The molecule has 1 nitrogen and oxygen atoms in total. The van der Waals surface area contributed by atoms with E-state index in [0.29, 0.717) is 5.92 Å². The number of hydrogen-bond acceptors (Lipinski definition) is 1. The van der Waals surface area contributed by atoms with Gasteiger partial charge in [-0.2, -0.15) is 0 Å². The Labute approximate surface area is 105 Å². The molecule has 1 aromatic carbocycles. The highest BCUT2D eigenvalue weighted by molar-refractivity contribution is 5.47. The fraction of sp³-hybridized carbons (Fsp3) is 0.500. The van der Waals surface area contributed by atoms with Crippen LogP contribution >= 0.6 is 0 Å². The quantitative estimate of drug-likeness (QED) is 0.739. The Morgan fingerprint density at radius 3 is 2.47 bits per heavy atom. The van der Waals surface area contributed by atoms with Crippen LogP contribution in [0.15, 0.2) is 30.8 Å². The average Bonchev–Trinajstić information content (AvgIpc) is 2.89. The molecule has 92 valence electrons. The number of likely N-dealkylation sites (tertiary alicyclic amines) is 1. The molecule has 1 atom stereocenters. The fourth-order valence-corrected chi connectivity index (χ4v) is 2.51. The lowest BCUT2D eigenvalue weighted by Gasteiger charge is -2.18. The molecule has 1 unspecified atom stereocenters. The van der Waals surface area contributed by atoms with Crippen LogP contribution in [0.2, 0.25) is 0 Å². The molecule has 0 bridgehead atoms. The van der Waals surface area contributed by atoms with Crippen LogP contribution < -0.4 is 0 Å². The Morgan fingerprint density at radius 2 is 1.88 bits per heavy atom. The highest BCUT2D eigenvalue weighted by Gasteiger charge is 2.13. The van der Waals surface area contributed by atoms with Gasteiger partial charge < -0.3 is 4.90 Å². The molecule has 1 saturated heterocycles. The van der Waals surface area contributed by atoms with E-state index in [4.69, 9.17) is 0 Å². The van der Waals surface area contributed by atoms with E-state index in [1.807, 2.05) is 6.08 Å². The second-order valence-electron chi connectivity index (χ2n) is 5.11. The first kappa shape index (κ1) is 12.4. The molecule has 0 aromatic heterocycles. The van der Waals surface area contributed by atoms with Crippen molar-refractivity contribution in [2.24, 2.45) is 0 Å². The summed E-state index contributed by atoms with van der Waals surface area (Å²) in [6.45, 7) is 9.99. The van der Waals surface area contributed by atoms with Crippen molar-refractivity contribution >= 4 is 6.08 Å². The number of nitrogens with zero attached hydrogens (tertiary/aromatic N) is 1. The van der Waals surface area contributed by atoms with Crippen LogP contribution in [0.4, 0.5) is 0 Å². The third-order valence-electron chi connectivity index (χ3n) is 3.82. The molecule has 0 amide bonds. The van der Waals surface area contributed by atoms with Crippen molar-refractivity contribution in [3.8, 4) is 0 Å². The lowest BCUT2D eigenvalue weighted by molar-refractivity contribution is 0.324. The molecule has 0 radical (unpaired) electrons. The monoisotopic (exact) mass is 229 g/mol. The minimum absolute atomic E-state index is 0.662. The lowest BCUT2D eigenvalue weighted by Crippen LogP contribution is -2.21. The molecule has 17 heavy (non-hydrogen) atoms. The molecule has 1 fully saturated rings. The van der Waals surface area contributed by atoms with E-state index in [-0.39, 0.29) is 0 Å². The summed E-state index contributed by atoms with van der Waals surface area (Å²) in [5.74, 6) is 0.662. The van der Waals surface area contributed by atoms with Crippen molar-refractivity contribution in [2.75, 3.05) is 19.6 Å². The van der Waals surface area contributed by atoms with Gasteiger partial charge >= 0.3 is 0 Å². The van der Waals surface area contributed by atoms with Crippen LogP contribution in [0.1, 0.15) is 43.2 Å². The van der Waals surface area contributed by atoms with Gasteiger partial charge in [0.15, 0.2) is 0 Å². The number of rotatable bonds is 5. The van der Waals surface area contributed by atoms with Crippen molar-refractivity contribution in [2.45, 2.75) is 32.1 Å².